The van der Waals surface area contributed by atoms with Gasteiger partial charge in [-0.25, -0.2) is 4.79 Å². The normalized spacial score (nSPS) is 22.3. The number of hydrogen-bond acceptors (Lipinski definition) is 3. The summed E-state index contributed by atoms with van der Waals surface area (Å²) < 4.78 is 0. The number of hydrogen-bond donors (Lipinski definition) is 2. The van der Waals surface area contributed by atoms with E-state index in [2.05, 4.69) is 10.6 Å². The van der Waals surface area contributed by atoms with Crippen LogP contribution in [-0.4, -0.2) is 34.8 Å². The number of carbonyl (C=O) groups is 3. The van der Waals surface area contributed by atoms with E-state index in [0.717, 1.165) is 34.4 Å². The molecule has 150 valence electrons. The fraction of sp³-hybridized carbons (Fsp3) is 0.348. The lowest BCUT2D eigenvalue weighted by molar-refractivity contribution is -0.135. The van der Waals surface area contributed by atoms with Crippen molar-refractivity contribution in [1.82, 2.24) is 15.5 Å². The molecule has 4 rings (SSSR count). The Morgan fingerprint density at radius 1 is 1.10 bits per heavy atom. The standard InChI is InChI=1S/C23H25N3O3/c1-15-8-10-17(11-9-15)20(16-6-4-3-5-7-16)24-19(27)14-26-21(28)23(2,18-12-13-18)25-22(26)29/h3-11,18,20H,12-14H2,1-2H3,(H,24,27)(H,25,29). The number of imide groups is 1. The number of rotatable bonds is 6. The Kier molecular flexibility index (Phi) is 4.86. The average molecular weight is 391 g/mol. The molecule has 1 aliphatic carbocycles. The lowest BCUT2D eigenvalue weighted by Gasteiger charge is -2.23. The summed E-state index contributed by atoms with van der Waals surface area (Å²) in [7, 11) is 0. The van der Waals surface area contributed by atoms with Crippen molar-refractivity contribution in [2.75, 3.05) is 6.54 Å². The van der Waals surface area contributed by atoms with Crippen LogP contribution in [0.2, 0.25) is 0 Å². The maximum absolute atomic E-state index is 12.8. The molecule has 2 atom stereocenters. The first-order valence-corrected chi connectivity index (χ1v) is 9.93. The Hall–Kier alpha value is -3.15. The predicted molar refractivity (Wildman–Crippen MR) is 109 cm³/mol. The summed E-state index contributed by atoms with van der Waals surface area (Å²) in [5.41, 5.74) is 2.12. The highest BCUT2D eigenvalue weighted by Crippen LogP contribution is 2.42. The molecule has 2 unspecified atom stereocenters. The van der Waals surface area contributed by atoms with Gasteiger partial charge >= 0.3 is 6.03 Å². The van der Waals surface area contributed by atoms with E-state index in [1.807, 2.05) is 61.5 Å². The molecule has 0 spiro atoms. The fourth-order valence-corrected chi connectivity index (χ4v) is 3.91. The molecule has 1 aliphatic heterocycles. The van der Waals surface area contributed by atoms with Gasteiger partial charge in [0.15, 0.2) is 0 Å². The highest BCUT2D eigenvalue weighted by Gasteiger charge is 2.56. The molecule has 2 fully saturated rings. The predicted octanol–water partition coefficient (Wildman–Crippen LogP) is 2.92. The molecular weight excluding hydrogens is 366 g/mol. The fourth-order valence-electron chi connectivity index (χ4n) is 3.91. The molecule has 2 aliphatic rings. The van der Waals surface area contributed by atoms with E-state index in [9.17, 15) is 14.4 Å². The van der Waals surface area contributed by atoms with Gasteiger partial charge in [-0.1, -0.05) is 60.2 Å². The molecule has 2 aromatic carbocycles. The van der Waals surface area contributed by atoms with Gasteiger partial charge in [-0.2, -0.15) is 0 Å². The molecule has 0 radical (unpaired) electrons. The van der Waals surface area contributed by atoms with Crippen LogP contribution in [0.3, 0.4) is 0 Å². The molecule has 1 saturated heterocycles. The van der Waals surface area contributed by atoms with Crippen molar-refractivity contribution in [3.05, 3.63) is 71.3 Å². The topological polar surface area (TPSA) is 78.5 Å². The summed E-state index contributed by atoms with van der Waals surface area (Å²) in [6, 6.07) is 16.7. The zero-order chi connectivity index (χ0) is 20.6. The Morgan fingerprint density at radius 2 is 1.72 bits per heavy atom. The van der Waals surface area contributed by atoms with Crippen LogP contribution in [-0.2, 0) is 9.59 Å². The van der Waals surface area contributed by atoms with E-state index in [-0.39, 0.29) is 30.3 Å². The monoisotopic (exact) mass is 391 g/mol. The maximum atomic E-state index is 12.8. The van der Waals surface area contributed by atoms with Crippen LogP contribution >= 0.6 is 0 Å². The summed E-state index contributed by atoms with van der Waals surface area (Å²) in [5.74, 6) is -0.522. The van der Waals surface area contributed by atoms with Gasteiger partial charge in [0.25, 0.3) is 5.91 Å². The third-order valence-corrected chi connectivity index (χ3v) is 5.85. The molecule has 2 N–H and O–H groups in total. The zero-order valence-corrected chi connectivity index (χ0v) is 16.6. The van der Waals surface area contributed by atoms with Crippen LogP contribution in [0.5, 0.6) is 0 Å². The molecule has 2 aromatic rings. The first kappa shape index (κ1) is 19.2. The number of benzene rings is 2. The summed E-state index contributed by atoms with van der Waals surface area (Å²) in [5, 5.41) is 5.77. The number of aryl methyl sites for hydroxylation is 1. The van der Waals surface area contributed by atoms with Crippen LogP contribution in [0.4, 0.5) is 4.79 Å². The maximum Gasteiger partial charge on any atom is 0.325 e. The SMILES string of the molecule is Cc1ccc(C(NC(=O)CN2C(=O)NC(C)(C3CC3)C2=O)c2ccccc2)cc1. The van der Waals surface area contributed by atoms with Gasteiger partial charge in [0, 0.05) is 0 Å². The molecule has 1 saturated carbocycles. The van der Waals surface area contributed by atoms with Crippen molar-refractivity contribution in [3.63, 3.8) is 0 Å². The molecule has 6 nitrogen and oxygen atoms in total. The third kappa shape index (κ3) is 3.75. The van der Waals surface area contributed by atoms with Crippen molar-refractivity contribution in [3.8, 4) is 0 Å². The number of urea groups is 1. The van der Waals surface area contributed by atoms with Crippen LogP contribution < -0.4 is 10.6 Å². The van der Waals surface area contributed by atoms with E-state index in [1.54, 1.807) is 6.92 Å². The summed E-state index contributed by atoms with van der Waals surface area (Å²) in [6.45, 7) is 3.47. The molecule has 0 aromatic heterocycles. The number of amides is 4. The first-order valence-electron chi connectivity index (χ1n) is 9.93. The van der Waals surface area contributed by atoms with Gasteiger partial charge in [-0.15, -0.1) is 0 Å². The number of nitrogens with one attached hydrogen (secondary N) is 2. The number of carbonyl (C=O) groups excluding carboxylic acids is 3. The van der Waals surface area contributed by atoms with E-state index in [4.69, 9.17) is 0 Å². The summed E-state index contributed by atoms with van der Waals surface area (Å²) in [6.07, 6.45) is 1.85. The van der Waals surface area contributed by atoms with Crippen molar-refractivity contribution >= 4 is 17.8 Å². The van der Waals surface area contributed by atoms with Gasteiger partial charge in [0.2, 0.25) is 5.91 Å². The Morgan fingerprint density at radius 3 is 2.34 bits per heavy atom. The molecule has 6 heteroatoms. The Bertz CT molecular complexity index is 938. The Balaban J connectivity index is 1.52. The molecular formula is C23H25N3O3. The van der Waals surface area contributed by atoms with Gasteiger partial charge in [0.1, 0.15) is 12.1 Å². The highest BCUT2D eigenvalue weighted by atomic mass is 16.2. The minimum atomic E-state index is -0.882. The average Bonchev–Trinajstić information content (AvgIpc) is 3.54. The minimum absolute atomic E-state index is 0.164. The van der Waals surface area contributed by atoms with Crippen molar-refractivity contribution in [2.45, 2.75) is 38.3 Å². The smallest absolute Gasteiger partial charge is 0.325 e. The number of nitrogens with zero attached hydrogens (tertiary/aromatic N) is 1. The second kappa shape index (κ2) is 7.35. The lowest BCUT2D eigenvalue weighted by atomic mass is 9.96. The molecule has 1 heterocycles. The Labute approximate surface area is 170 Å². The zero-order valence-electron chi connectivity index (χ0n) is 16.6. The van der Waals surface area contributed by atoms with Gasteiger partial charge < -0.3 is 10.6 Å². The van der Waals surface area contributed by atoms with E-state index >= 15 is 0 Å². The third-order valence-electron chi connectivity index (χ3n) is 5.85. The second-order valence-electron chi connectivity index (χ2n) is 8.12. The lowest BCUT2D eigenvalue weighted by Crippen LogP contribution is -2.47. The quantitative estimate of drug-likeness (QED) is 0.743. The minimum Gasteiger partial charge on any atom is -0.344 e. The first-order chi connectivity index (χ1) is 13.9. The van der Waals surface area contributed by atoms with Crippen LogP contribution in [0.1, 0.15) is 42.5 Å². The largest absolute Gasteiger partial charge is 0.344 e. The van der Waals surface area contributed by atoms with Crippen LogP contribution in [0.15, 0.2) is 54.6 Å². The van der Waals surface area contributed by atoms with Crippen molar-refractivity contribution in [2.24, 2.45) is 5.92 Å². The van der Waals surface area contributed by atoms with Gasteiger partial charge in [0.05, 0.1) is 6.04 Å². The van der Waals surface area contributed by atoms with E-state index < -0.39 is 11.6 Å². The van der Waals surface area contributed by atoms with Crippen LogP contribution in [0, 0.1) is 12.8 Å². The van der Waals surface area contributed by atoms with Crippen LogP contribution in [0.25, 0.3) is 0 Å². The molecule has 29 heavy (non-hydrogen) atoms. The summed E-state index contributed by atoms with van der Waals surface area (Å²) in [4.78, 5) is 39.0. The summed E-state index contributed by atoms with van der Waals surface area (Å²) >= 11 is 0. The molecule has 4 amide bonds. The van der Waals surface area contributed by atoms with Gasteiger partial charge in [-0.3, -0.25) is 14.5 Å². The van der Waals surface area contributed by atoms with Gasteiger partial charge in [-0.05, 0) is 43.7 Å². The van der Waals surface area contributed by atoms with E-state index in [0.29, 0.717) is 0 Å². The van der Waals surface area contributed by atoms with Crippen molar-refractivity contribution in [1.29, 1.82) is 0 Å². The highest BCUT2D eigenvalue weighted by molar-refractivity contribution is 6.09. The second-order valence-corrected chi connectivity index (χ2v) is 8.12. The molecule has 0 bridgehead atoms. The van der Waals surface area contributed by atoms with E-state index in [1.165, 1.54) is 0 Å². The van der Waals surface area contributed by atoms with Crippen molar-refractivity contribution < 1.29 is 14.4 Å².